The molecule has 3 unspecified atom stereocenters. The molecular formula is C37H44B2N4O11. The number of rotatable bonds is 11. The van der Waals surface area contributed by atoms with E-state index in [0.29, 0.717) is 48.0 Å². The molecule has 1 saturated heterocycles. The molecule has 3 aliphatic rings. The van der Waals surface area contributed by atoms with Crippen molar-refractivity contribution in [2.24, 2.45) is 0 Å². The maximum Gasteiger partial charge on any atom is 0.492 e. The molecule has 0 spiro atoms. The molecular weight excluding hydrogens is 698 g/mol. The van der Waals surface area contributed by atoms with E-state index in [0.717, 1.165) is 28.9 Å². The van der Waals surface area contributed by atoms with E-state index < -0.39 is 32.4 Å². The van der Waals surface area contributed by atoms with E-state index in [1.807, 2.05) is 19.9 Å². The summed E-state index contributed by atoms with van der Waals surface area (Å²) in [5, 5.41) is 29.3. The Morgan fingerprint density at radius 3 is 1.63 bits per heavy atom. The third-order valence-electron chi connectivity index (χ3n) is 8.74. The zero-order valence-electron chi connectivity index (χ0n) is 30.7. The summed E-state index contributed by atoms with van der Waals surface area (Å²) >= 11 is 0. The number of fused-ring (bicyclic) bond motifs is 2. The zero-order valence-corrected chi connectivity index (χ0v) is 30.7. The molecule has 284 valence electrons. The van der Waals surface area contributed by atoms with Crippen molar-refractivity contribution < 1.29 is 53.0 Å². The van der Waals surface area contributed by atoms with E-state index in [4.69, 9.17) is 33.4 Å². The van der Waals surface area contributed by atoms with Crippen LogP contribution in [0.3, 0.4) is 0 Å². The van der Waals surface area contributed by atoms with Crippen LogP contribution in [-0.2, 0) is 41.2 Å². The zero-order chi connectivity index (χ0) is 38.6. The van der Waals surface area contributed by atoms with Crippen molar-refractivity contribution >= 4 is 37.1 Å². The van der Waals surface area contributed by atoms with Crippen LogP contribution in [0, 0.1) is 0 Å². The molecule has 3 atom stereocenters. The third kappa shape index (κ3) is 10.6. The molecule has 0 radical (unpaired) electrons. The SMILES string of the molecule is CC1CCCO1.CCOC(=O)CC1OB(O)c2cc(Oc3ncccn3)cc(CC)c21.CCc1cc(Oc2ncccn2)cc2c1C(CC(=O)O)OB2O. The Morgan fingerprint density at radius 1 is 0.778 bits per heavy atom. The molecule has 54 heavy (non-hydrogen) atoms. The highest BCUT2D eigenvalue weighted by Crippen LogP contribution is 2.35. The minimum atomic E-state index is -1.17. The van der Waals surface area contributed by atoms with Gasteiger partial charge in [0.1, 0.15) is 11.5 Å². The van der Waals surface area contributed by atoms with E-state index in [9.17, 15) is 19.6 Å². The van der Waals surface area contributed by atoms with Crippen molar-refractivity contribution in [2.45, 2.75) is 84.5 Å². The summed E-state index contributed by atoms with van der Waals surface area (Å²) in [5.74, 6) is -0.339. The number of hydrogen-bond donors (Lipinski definition) is 3. The van der Waals surface area contributed by atoms with Crippen LogP contribution >= 0.6 is 0 Å². The van der Waals surface area contributed by atoms with Gasteiger partial charge in [0.25, 0.3) is 0 Å². The normalized spacial score (nSPS) is 18.1. The molecule has 17 heteroatoms. The van der Waals surface area contributed by atoms with Crippen molar-refractivity contribution in [2.75, 3.05) is 13.2 Å². The van der Waals surface area contributed by atoms with Crippen LogP contribution in [0.4, 0.5) is 0 Å². The molecule has 0 bridgehead atoms. The van der Waals surface area contributed by atoms with Gasteiger partial charge in [0.2, 0.25) is 0 Å². The lowest BCUT2D eigenvalue weighted by Gasteiger charge is -2.15. The number of hydrogen-bond acceptors (Lipinski definition) is 14. The number of carbonyl (C=O) groups excluding carboxylic acids is 1. The Hall–Kier alpha value is -4.93. The second-order valence-corrected chi connectivity index (χ2v) is 12.5. The van der Waals surface area contributed by atoms with Gasteiger partial charge in [0, 0.05) is 31.4 Å². The summed E-state index contributed by atoms with van der Waals surface area (Å²) in [6.07, 6.45) is 9.42. The van der Waals surface area contributed by atoms with E-state index in [1.165, 1.54) is 12.8 Å². The fourth-order valence-electron chi connectivity index (χ4n) is 6.36. The standard InChI is InChI=1S/C17H19BN2O5.C15H15BN2O5.C5H10O/c1-3-11-8-12(24-17-19-6-5-7-20-17)9-13-16(11)14(25-18(13)22)10-15(21)23-4-2;1-2-9-6-10(22-15-17-4-3-5-18-15)7-11-14(9)12(8-13(19)20)23-16(11)21;1-5-3-2-4-6-5/h5-9,14,22H,3-4,10H2,1-2H3;3-7,12,21H,2,8H2,1H3,(H,19,20);5H,2-4H2,1H3. The van der Waals surface area contributed by atoms with Gasteiger partial charge in [-0.15, -0.1) is 0 Å². The van der Waals surface area contributed by atoms with Gasteiger partial charge in [-0.05, 0) is 109 Å². The predicted molar refractivity (Wildman–Crippen MR) is 197 cm³/mol. The first kappa shape index (κ1) is 40.3. The number of benzene rings is 2. The highest BCUT2D eigenvalue weighted by molar-refractivity contribution is 6.62. The first-order chi connectivity index (χ1) is 26.1. The Bertz CT molecular complexity index is 1850. The van der Waals surface area contributed by atoms with Crippen molar-refractivity contribution in [1.29, 1.82) is 0 Å². The van der Waals surface area contributed by atoms with Crippen molar-refractivity contribution in [1.82, 2.24) is 19.9 Å². The monoisotopic (exact) mass is 742 g/mol. The Balaban J connectivity index is 0.000000180. The number of carboxylic acid groups (broad SMARTS) is 1. The van der Waals surface area contributed by atoms with Gasteiger partial charge < -0.3 is 43.4 Å². The molecule has 2 aromatic carbocycles. The number of aliphatic carboxylic acids is 1. The van der Waals surface area contributed by atoms with Gasteiger partial charge in [0.15, 0.2) is 0 Å². The fraction of sp³-hybridized carbons (Fsp3) is 0.405. The van der Waals surface area contributed by atoms with Gasteiger partial charge in [-0.3, -0.25) is 9.59 Å². The summed E-state index contributed by atoms with van der Waals surface area (Å²) < 4.78 is 32.4. The molecule has 0 aliphatic carbocycles. The highest BCUT2D eigenvalue weighted by Gasteiger charge is 2.39. The summed E-state index contributed by atoms with van der Waals surface area (Å²) in [6, 6.07) is 10.8. The van der Waals surface area contributed by atoms with Gasteiger partial charge in [-0.2, -0.15) is 0 Å². The Kier molecular flexibility index (Phi) is 14.5. The predicted octanol–water partition coefficient (Wildman–Crippen LogP) is 3.79. The molecule has 15 nitrogen and oxygen atoms in total. The summed E-state index contributed by atoms with van der Waals surface area (Å²) in [4.78, 5) is 38.8. The second-order valence-electron chi connectivity index (χ2n) is 12.5. The second kappa shape index (κ2) is 19.4. The van der Waals surface area contributed by atoms with Crippen molar-refractivity contribution in [3.8, 4) is 23.5 Å². The average molecular weight is 742 g/mol. The molecule has 0 amide bonds. The smallest absolute Gasteiger partial charge is 0.481 e. The first-order valence-electron chi connectivity index (χ1n) is 18.0. The van der Waals surface area contributed by atoms with E-state index >= 15 is 0 Å². The van der Waals surface area contributed by atoms with Crippen LogP contribution < -0.4 is 20.4 Å². The summed E-state index contributed by atoms with van der Waals surface area (Å²) in [5.41, 5.74) is 4.49. The Labute approximate surface area is 314 Å². The third-order valence-corrected chi connectivity index (χ3v) is 8.74. The molecule has 4 aromatic rings. The Morgan fingerprint density at radius 2 is 1.26 bits per heavy atom. The van der Waals surface area contributed by atoms with Crippen LogP contribution in [0.2, 0.25) is 0 Å². The lowest BCUT2D eigenvalue weighted by Crippen LogP contribution is -2.28. The molecule has 7 rings (SSSR count). The maximum absolute atomic E-state index is 11.8. The minimum absolute atomic E-state index is 0.0624. The van der Waals surface area contributed by atoms with E-state index in [-0.39, 0.29) is 30.8 Å². The van der Waals surface area contributed by atoms with Crippen molar-refractivity contribution in [3.63, 3.8) is 0 Å². The number of ether oxygens (including phenoxy) is 4. The van der Waals surface area contributed by atoms with Gasteiger partial charge in [-0.25, -0.2) is 19.9 Å². The average Bonchev–Trinajstić information content (AvgIpc) is 3.85. The number of aryl methyl sites for hydroxylation is 2. The quantitative estimate of drug-likeness (QED) is 0.148. The summed E-state index contributed by atoms with van der Waals surface area (Å²) in [6.45, 7) is 9.11. The van der Waals surface area contributed by atoms with Crippen LogP contribution in [0.15, 0.2) is 61.2 Å². The lowest BCUT2D eigenvalue weighted by molar-refractivity contribution is -0.145. The van der Waals surface area contributed by atoms with Gasteiger partial charge >= 0.3 is 38.2 Å². The summed E-state index contributed by atoms with van der Waals surface area (Å²) in [7, 11) is -2.28. The molecule has 1 fully saturated rings. The number of carbonyl (C=O) groups is 2. The number of nitrogens with zero attached hydrogens (tertiary/aromatic N) is 4. The fourth-order valence-corrected chi connectivity index (χ4v) is 6.36. The largest absolute Gasteiger partial charge is 0.492 e. The molecule has 3 aliphatic heterocycles. The van der Waals surface area contributed by atoms with Crippen molar-refractivity contribution in [3.05, 3.63) is 83.4 Å². The number of carboxylic acids is 1. The molecule has 2 aromatic heterocycles. The maximum atomic E-state index is 11.8. The topological polar surface area (TPSA) is 202 Å². The van der Waals surface area contributed by atoms with E-state index in [1.54, 1.807) is 62.0 Å². The highest BCUT2D eigenvalue weighted by atomic mass is 16.6. The van der Waals surface area contributed by atoms with E-state index in [2.05, 4.69) is 26.9 Å². The molecule has 5 heterocycles. The first-order valence-corrected chi connectivity index (χ1v) is 18.0. The van der Waals surface area contributed by atoms with Crippen LogP contribution in [0.25, 0.3) is 0 Å². The number of esters is 1. The molecule has 3 N–H and O–H groups in total. The lowest BCUT2D eigenvalue weighted by atomic mass is 9.77. The minimum Gasteiger partial charge on any atom is -0.481 e. The van der Waals surface area contributed by atoms with Gasteiger partial charge in [0.05, 0.1) is 37.8 Å². The molecule has 0 saturated carbocycles. The van der Waals surface area contributed by atoms with Gasteiger partial charge in [-0.1, -0.05) is 13.8 Å². The number of aromatic nitrogens is 4. The van der Waals surface area contributed by atoms with Crippen LogP contribution in [-0.4, -0.2) is 80.6 Å². The van der Waals surface area contributed by atoms with Crippen LogP contribution in [0.5, 0.6) is 23.5 Å². The van der Waals surface area contributed by atoms with Crippen LogP contribution in [0.1, 0.15) is 87.8 Å².